The van der Waals surface area contributed by atoms with E-state index in [1.54, 1.807) is 23.9 Å². The molecule has 2 saturated heterocycles. The molecule has 2 aliphatic heterocycles. The van der Waals surface area contributed by atoms with E-state index < -0.39 is 0 Å². The molecule has 250 valence electrons. The molecule has 1 N–H and O–H groups in total. The molecule has 0 radical (unpaired) electrons. The number of H-pyrrole nitrogens is 1. The van der Waals surface area contributed by atoms with Crippen molar-refractivity contribution in [2.45, 2.75) is 76.7 Å². The highest BCUT2D eigenvalue weighted by atomic mass is 19.1. The monoisotopic (exact) mass is 660 g/mol. The van der Waals surface area contributed by atoms with Crippen LogP contribution in [-0.4, -0.2) is 45.7 Å². The number of aromatic amines is 1. The number of ether oxygens (including phenoxy) is 4. The third kappa shape index (κ3) is 5.27. The third-order valence-corrected chi connectivity index (χ3v) is 10.7. The predicted molar refractivity (Wildman–Crippen MR) is 182 cm³/mol. The number of nitrogens with one attached hydrogen (secondary N) is 1. The van der Waals surface area contributed by atoms with Crippen molar-refractivity contribution in [3.8, 4) is 35.2 Å². The lowest BCUT2D eigenvalue weighted by molar-refractivity contribution is -0.192. The molecule has 49 heavy (non-hydrogen) atoms. The Kier molecular flexibility index (Phi) is 7.25. The average Bonchev–Trinajstić information content (AvgIpc) is 3.85. The van der Waals surface area contributed by atoms with Gasteiger partial charge in [-0.25, -0.2) is 9.07 Å². The molecule has 10 heteroatoms. The van der Waals surface area contributed by atoms with Crippen molar-refractivity contribution < 1.29 is 23.3 Å². The first kappa shape index (κ1) is 30.3. The summed E-state index contributed by atoms with van der Waals surface area (Å²) >= 11 is 0. The van der Waals surface area contributed by atoms with E-state index in [1.807, 2.05) is 30.3 Å². The number of nitrogens with zero attached hydrogens (tertiary/aromatic N) is 3. The van der Waals surface area contributed by atoms with Gasteiger partial charge in [0.15, 0.2) is 12.0 Å². The summed E-state index contributed by atoms with van der Waals surface area (Å²) in [4.78, 5) is 21.6. The molecule has 1 unspecified atom stereocenters. The number of fused-ring (bicyclic) bond motifs is 2. The Morgan fingerprint density at radius 1 is 1.10 bits per heavy atom. The zero-order valence-corrected chi connectivity index (χ0v) is 27.4. The molecule has 3 aromatic carbocycles. The smallest absolute Gasteiger partial charge is 0.297 e. The van der Waals surface area contributed by atoms with Gasteiger partial charge in [-0.2, -0.15) is 10.1 Å². The van der Waals surface area contributed by atoms with E-state index in [-0.39, 0.29) is 47.7 Å². The summed E-state index contributed by atoms with van der Waals surface area (Å²) in [6, 6.07) is 11.2. The Bertz CT molecular complexity index is 2200. The van der Waals surface area contributed by atoms with Crippen LogP contribution in [0.4, 0.5) is 4.39 Å². The number of terminal acetylenes is 1. The first-order chi connectivity index (χ1) is 23.9. The highest BCUT2D eigenvalue weighted by Crippen LogP contribution is 2.52. The Morgan fingerprint density at radius 2 is 1.92 bits per heavy atom. The maximum atomic E-state index is 16.1. The van der Waals surface area contributed by atoms with Gasteiger partial charge in [0.25, 0.3) is 11.6 Å². The third-order valence-electron chi connectivity index (χ3n) is 10.7. The largest absolute Gasteiger partial charge is 0.486 e. The van der Waals surface area contributed by atoms with E-state index in [9.17, 15) is 4.79 Å². The lowest BCUT2D eigenvalue weighted by Gasteiger charge is -2.52. The van der Waals surface area contributed by atoms with Gasteiger partial charge in [-0.05, 0) is 92.7 Å². The lowest BCUT2D eigenvalue weighted by Crippen LogP contribution is -2.56. The SMILES string of the molecule is C#Cc1ccc(COc2c(-c3c(C)c(F)cc4c3cnn4C3CCCCO3)c(C3CC3)cc3c(=O)[nH]c(OC4CC5(COC5)C4)nc23)cc1. The van der Waals surface area contributed by atoms with Crippen molar-refractivity contribution in [1.29, 1.82) is 0 Å². The molecule has 1 spiro atoms. The summed E-state index contributed by atoms with van der Waals surface area (Å²) in [6.07, 6.45) is 13.5. The summed E-state index contributed by atoms with van der Waals surface area (Å²) in [5, 5.41) is 5.95. The van der Waals surface area contributed by atoms with Crippen molar-refractivity contribution in [1.82, 2.24) is 19.7 Å². The summed E-state index contributed by atoms with van der Waals surface area (Å²) in [7, 11) is 0. The summed E-state index contributed by atoms with van der Waals surface area (Å²) < 4.78 is 42.4. The van der Waals surface area contributed by atoms with Crippen molar-refractivity contribution in [3.63, 3.8) is 0 Å². The second-order valence-corrected chi connectivity index (χ2v) is 14.2. The molecule has 2 saturated carbocycles. The quantitative estimate of drug-likeness (QED) is 0.178. The normalized spacial score (nSPS) is 20.2. The lowest BCUT2D eigenvalue weighted by atomic mass is 9.65. The molecule has 1 atom stereocenters. The van der Waals surface area contributed by atoms with Gasteiger partial charge >= 0.3 is 0 Å². The Hall–Kier alpha value is -4.72. The first-order valence-corrected chi connectivity index (χ1v) is 17.2. The molecule has 2 aromatic heterocycles. The Labute approximate surface area is 282 Å². The maximum absolute atomic E-state index is 16.1. The first-order valence-electron chi connectivity index (χ1n) is 17.2. The molecule has 9 rings (SSSR count). The molecule has 5 aromatic rings. The van der Waals surface area contributed by atoms with Crippen LogP contribution in [0.1, 0.15) is 79.3 Å². The second kappa shape index (κ2) is 11.7. The minimum absolute atomic E-state index is 0.0633. The molecule has 2 aliphatic carbocycles. The van der Waals surface area contributed by atoms with Crippen molar-refractivity contribution in [2.75, 3.05) is 19.8 Å². The predicted octanol–water partition coefficient (Wildman–Crippen LogP) is 7.08. The fraction of sp³-hybridized carbons (Fsp3) is 0.410. The van der Waals surface area contributed by atoms with E-state index >= 15 is 4.39 Å². The second-order valence-electron chi connectivity index (χ2n) is 14.2. The van der Waals surface area contributed by atoms with E-state index in [4.69, 9.17) is 35.5 Å². The number of aromatic nitrogens is 4. The van der Waals surface area contributed by atoms with E-state index in [1.165, 1.54) is 0 Å². The zero-order chi connectivity index (χ0) is 33.3. The minimum atomic E-state index is -0.348. The number of hydrogen-bond acceptors (Lipinski definition) is 7. The van der Waals surface area contributed by atoms with Crippen LogP contribution in [-0.2, 0) is 16.1 Å². The van der Waals surface area contributed by atoms with Gasteiger partial charge in [-0.15, -0.1) is 6.42 Å². The number of hydrogen-bond donors (Lipinski definition) is 1. The average molecular weight is 661 g/mol. The van der Waals surface area contributed by atoms with Crippen LogP contribution in [0.2, 0.25) is 0 Å². The Balaban J connectivity index is 1.24. The van der Waals surface area contributed by atoms with E-state index in [0.717, 1.165) is 85.8 Å². The molecule has 4 fully saturated rings. The van der Waals surface area contributed by atoms with Gasteiger partial charge < -0.3 is 18.9 Å². The number of benzene rings is 3. The topological polar surface area (TPSA) is 100 Å². The zero-order valence-electron chi connectivity index (χ0n) is 27.4. The number of rotatable bonds is 8. The van der Waals surface area contributed by atoms with Gasteiger partial charge in [-0.1, -0.05) is 18.1 Å². The minimum Gasteiger partial charge on any atom is -0.486 e. The fourth-order valence-electron chi connectivity index (χ4n) is 7.77. The molecule has 9 nitrogen and oxygen atoms in total. The van der Waals surface area contributed by atoms with Gasteiger partial charge in [0.2, 0.25) is 0 Å². The summed E-state index contributed by atoms with van der Waals surface area (Å²) in [5.74, 6) is 2.92. The van der Waals surface area contributed by atoms with Gasteiger partial charge in [0, 0.05) is 40.2 Å². The van der Waals surface area contributed by atoms with Crippen molar-refractivity contribution in [2.24, 2.45) is 5.41 Å². The highest BCUT2D eigenvalue weighted by Gasteiger charge is 2.51. The Morgan fingerprint density at radius 3 is 2.61 bits per heavy atom. The standard InChI is InChI=1S/C39H37FN4O5/c1-3-23-7-9-24(10-8-23)19-48-36-34(33-22(2)30(40)15-31-29(33)18-41-44(31)32-6-4-5-13-47-32)27(25-11-12-25)14-28-35(36)42-38(43-37(28)45)49-26-16-39(17-26)20-46-21-39/h1,7-10,14-15,18,25-26,32H,4-6,11-13,16-17,19-21H2,2H3,(H,42,43,45). The van der Waals surface area contributed by atoms with Crippen molar-refractivity contribution >= 4 is 21.8 Å². The molecular formula is C39H37FN4O5. The molecule has 4 aliphatic rings. The molecule has 0 bridgehead atoms. The maximum Gasteiger partial charge on any atom is 0.297 e. The van der Waals surface area contributed by atoms with Crippen LogP contribution < -0.4 is 15.0 Å². The van der Waals surface area contributed by atoms with Crippen LogP contribution in [0.15, 0.2) is 47.4 Å². The van der Waals surface area contributed by atoms with Crippen LogP contribution in [0.3, 0.4) is 0 Å². The highest BCUT2D eigenvalue weighted by molar-refractivity contribution is 6.04. The van der Waals surface area contributed by atoms with Crippen molar-refractivity contribution in [3.05, 3.63) is 81.0 Å². The summed E-state index contributed by atoms with van der Waals surface area (Å²) in [6.45, 7) is 4.10. The number of halogens is 1. The van der Waals surface area contributed by atoms with E-state index in [2.05, 4.69) is 10.9 Å². The molecule has 4 heterocycles. The van der Waals surface area contributed by atoms with E-state index in [0.29, 0.717) is 39.9 Å². The molecule has 0 amide bonds. The fourth-order valence-corrected chi connectivity index (χ4v) is 7.77. The van der Waals surface area contributed by atoms with Crippen LogP contribution in [0, 0.1) is 30.5 Å². The van der Waals surface area contributed by atoms with Crippen LogP contribution >= 0.6 is 0 Å². The summed E-state index contributed by atoms with van der Waals surface area (Å²) in [5.41, 5.74) is 5.41. The van der Waals surface area contributed by atoms with Gasteiger partial charge in [0.1, 0.15) is 24.0 Å². The van der Waals surface area contributed by atoms with Gasteiger partial charge in [0.05, 0.1) is 30.3 Å². The van der Waals surface area contributed by atoms with Gasteiger partial charge in [-0.3, -0.25) is 9.78 Å². The van der Waals surface area contributed by atoms with Crippen LogP contribution in [0.25, 0.3) is 32.9 Å². The van der Waals surface area contributed by atoms with Crippen LogP contribution in [0.5, 0.6) is 11.8 Å². The molecular weight excluding hydrogens is 623 g/mol.